The van der Waals surface area contributed by atoms with Crippen LogP contribution in [0.3, 0.4) is 0 Å². The molecule has 132 valence electrons. The van der Waals surface area contributed by atoms with Crippen LogP contribution in [-0.2, 0) is 6.54 Å². The van der Waals surface area contributed by atoms with Crippen molar-refractivity contribution in [2.24, 2.45) is 0 Å². The molecule has 1 amide bonds. The third kappa shape index (κ3) is 3.44. The quantitative estimate of drug-likeness (QED) is 0.856. The Kier molecular flexibility index (Phi) is 4.53. The first-order valence-electron chi connectivity index (χ1n) is 9.13. The zero-order chi connectivity index (χ0) is 17.2. The van der Waals surface area contributed by atoms with Crippen LogP contribution in [0.4, 0.5) is 0 Å². The van der Waals surface area contributed by atoms with E-state index in [2.05, 4.69) is 27.2 Å². The fraction of sp³-hybridized carbons (Fsp3) is 0.526. The molecule has 2 saturated heterocycles. The molecule has 6 heteroatoms. The second-order valence-electron chi connectivity index (χ2n) is 7.00. The summed E-state index contributed by atoms with van der Waals surface area (Å²) in [6, 6.07) is 8.28. The molecule has 0 unspecified atom stereocenters. The Bertz CT molecular complexity index is 734. The molecule has 25 heavy (non-hydrogen) atoms. The van der Waals surface area contributed by atoms with Gasteiger partial charge in [-0.15, -0.1) is 0 Å². The minimum Gasteiger partial charge on any atom is -0.340 e. The Morgan fingerprint density at radius 1 is 1.16 bits per heavy atom. The van der Waals surface area contributed by atoms with Crippen molar-refractivity contribution in [1.29, 1.82) is 0 Å². The normalized spacial score (nSPS) is 21.2. The summed E-state index contributed by atoms with van der Waals surface area (Å²) in [6.45, 7) is 5.48. The van der Waals surface area contributed by atoms with Crippen molar-refractivity contribution >= 4 is 5.91 Å². The number of carbonyl (C=O) groups excluding carboxylic acids is 1. The van der Waals surface area contributed by atoms with Gasteiger partial charge in [-0.1, -0.05) is 17.3 Å². The van der Waals surface area contributed by atoms with Crippen molar-refractivity contribution in [3.05, 3.63) is 47.1 Å². The summed E-state index contributed by atoms with van der Waals surface area (Å²) in [5.74, 6) is 1.56. The predicted molar refractivity (Wildman–Crippen MR) is 93.0 cm³/mol. The second-order valence-corrected chi connectivity index (χ2v) is 7.00. The summed E-state index contributed by atoms with van der Waals surface area (Å²) < 4.78 is 5.14. The monoisotopic (exact) mass is 340 g/mol. The van der Waals surface area contributed by atoms with Crippen molar-refractivity contribution in [3.63, 3.8) is 0 Å². The first kappa shape index (κ1) is 16.3. The van der Waals surface area contributed by atoms with Gasteiger partial charge < -0.3 is 9.42 Å². The fourth-order valence-electron chi connectivity index (χ4n) is 3.85. The largest absolute Gasteiger partial charge is 0.340 e. The highest BCUT2D eigenvalue weighted by molar-refractivity contribution is 5.94. The van der Waals surface area contributed by atoms with E-state index in [1.165, 1.54) is 5.56 Å². The van der Waals surface area contributed by atoms with E-state index in [0.717, 1.165) is 63.3 Å². The Hall–Kier alpha value is -2.21. The molecule has 0 spiro atoms. The van der Waals surface area contributed by atoms with Crippen LogP contribution in [0.15, 0.2) is 28.8 Å². The number of rotatable bonds is 4. The van der Waals surface area contributed by atoms with Crippen LogP contribution in [0.25, 0.3) is 0 Å². The predicted octanol–water partition coefficient (Wildman–Crippen LogP) is 2.95. The van der Waals surface area contributed by atoms with Crippen LogP contribution < -0.4 is 0 Å². The van der Waals surface area contributed by atoms with E-state index in [0.29, 0.717) is 5.89 Å². The third-order valence-corrected chi connectivity index (χ3v) is 5.18. The lowest BCUT2D eigenvalue weighted by Crippen LogP contribution is -2.27. The molecular formula is C19H24N4O2. The van der Waals surface area contributed by atoms with Gasteiger partial charge in [-0.25, -0.2) is 0 Å². The van der Waals surface area contributed by atoms with E-state index in [4.69, 9.17) is 4.52 Å². The maximum Gasteiger partial charge on any atom is 0.253 e. The highest BCUT2D eigenvalue weighted by Crippen LogP contribution is 2.31. The summed E-state index contributed by atoms with van der Waals surface area (Å²) in [7, 11) is 0. The Morgan fingerprint density at radius 2 is 1.92 bits per heavy atom. The van der Waals surface area contributed by atoms with Gasteiger partial charge in [0.25, 0.3) is 5.91 Å². The van der Waals surface area contributed by atoms with Gasteiger partial charge in [-0.3, -0.25) is 9.69 Å². The van der Waals surface area contributed by atoms with Crippen LogP contribution in [-0.4, -0.2) is 45.5 Å². The number of hydrogen-bond donors (Lipinski definition) is 0. The average Bonchev–Trinajstić information content (AvgIpc) is 3.36. The number of aryl methyl sites for hydroxylation is 1. The van der Waals surface area contributed by atoms with E-state index in [1.807, 2.05) is 24.0 Å². The molecule has 1 atom stereocenters. The molecule has 1 aromatic heterocycles. The molecule has 2 aliphatic rings. The van der Waals surface area contributed by atoms with E-state index in [1.54, 1.807) is 0 Å². The summed E-state index contributed by atoms with van der Waals surface area (Å²) in [5.41, 5.74) is 2.00. The van der Waals surface area contributed by atoms with E-state index >= 15 is 0 Å². The van der Waals surface area contributed by atoms with Gasteiger partial charge in [0.1, 0.15) is 0 Å². The summed E-state index contributed by atoms with van der Waals surface area (Å²) >= 11 is 0. The second kappa shape index (κ2) is 6.96. The number of likely N-dealkylation sites (tertiary alicyclic amines) is 2. The first-order chi connectivity index (χ1) is 12.2. The molecule has 2 aromatic rings. The van der Waals surface area contributed by atoms with Gasteiger partial charge >= 0.3 is 0 Å². The molecule has 0 bridgehead atoms. The minimum absolute atomic E-state index is 0.158. The number of aromatic nitrogens is 2. The fourth-order valence-corrected chi connectivity index (χ4v) is 3.85. The zero-order valence-corrected chi connectivity index (χ0v) is 14.6. The maximum absolute atomic E-state index is 12.4. The Labute approximate surface area is 147 Å². The van der Waals surface area contributed by atoms with E-state index in [9.17, 15) is 4.79 Å². The van der Waals surface area contributed by atoms with Gasteiger partial charge in [0.15, 0.2) is 5.82 Å². The molecule has 0 N–H and O–H groups in total. The lowest BCUT2D eigenvalue weighted by molar-refractivity contribution is 0.0793. The van der Waals surface area contributed by atoms with Crippen LogP contribution >= 0.6 is 0 Å². The van der Waals surface area contributed by atoms with Crippen molar-refractivity contribution in [2.45, 2.75) is 45.2 Å². The molecule has 1 aromatic carbocycles. The highest BCUT2D eigenvalue weighted by atomic mass is 16.5. The number of nitrogens with zero attached hydrogens (tertiary/aromatic N) is 4. The SMILES string of the molecule is Cc1nc([C@H]2CCCN2Cc2ccc(C(=O)N3CCCC3)cc2)no1. The molecular weight excluding hydrogens is 316 g/mol. The first-order valence-corrected chi connectivity index (χ1v) is 9.13. The smallest absolute Gasteiger partial charge is 0.253 e. The molecule has 0 saturated carbocycles. The summed E-state index contributed by atoms with van der Waals surface area (Å²) in [5, 5.41) is 4.09. The van der Waals surface area contributed by atoms with Crippen LogP contribution in [0.1, 0.15) is 59.4 Å². The number of hydrogen-bond acceptors (Lipinski definition) is 5. The van der Waals surface area contributed by atoms with Gasteiger partial charge in [0.05, 0.1) is 6.04 Å². The minimum atomic E-state index is 0.158. The number of carbonyl (C=O) groups is 1. The van der Waals surface area contributed by atoms with E-state index < -0.39 is 0 Å². The molecule has 6 nitrogen and oxygen atoms in total. The molecule has 0 radical (unpaired) electrons. The molecule has 0 aliphatic carbocycles. The molecule has 2 fully saturated rings. The van der Waals surface area contributed by atoms with Gasteiger partial charge in [0.2, 0.25) is 5.89 Å². The van der Waals surface area contributed by atoms with Gasteiger partial charge in [-0.2, -0.15) is 4.98 Å². The topological polar surface area (TPSA) is 62.5 Å². The number of amides is 1. The lowest BCUT2D eigenvalue weighted by atomic mass is 10.1. The van der Waals surface area contributed by atoms with Gasteiger partial charge in [0, 0.05) is 32.1 Å². The van der Waals surface area contributed by atoms with Crippen molar-refractivity contribution in [3.8, 4) is 0 Å². The number of benzene rings is 1. The third-order valence-electron chi connectivity index (χ3n) is 5.18. The summed E-state index contributed by atoms with van der Waals surface area (Å²) in [6.07, 6.45) is 4.44. The van der Waals surface area contributed by atoms with Crippen LogP contribution in [0.2, 0.25) is 0 Å². The average molecular weight is 340 g/mol. The summed E-state index contributed by atoms with van der Waals surface area (Å²) in [4.78, 5) is 21.2. The Balaban J connectivity index is 1.43. The van der Waals surface area contributed by atoms with E-state index in [-0.39, 0.29) is 11.9 Å². The van der Waals surface area contributed by atoms with Crippen molar-refractivity contribution in [2.75, 3.05) is 19.6 Å². The molecule has 4 rings (SSSR count). The zero-order valence-electron chi connectivity index (χ0n) is 14.6. The lowest BCUT2D eigenvalue weighted by Gasteiger charge is -2.22. The van der Waals surface area contributed by atoms with Crippen LogP contribution in [0.5, 0.6) is 0 Å². The molecule has 2 aliphatic heterocycles. The van der Waals surface area contributed by atoms with Crippen LogP contribution in [0, 0.1) is 6.92 Å². The standard InChI is InChI=1S/C19H24N4O2/c1-14-20-18(21-25-14)17-5-4-12-23(17)13-15-6-8-16(9-7-15)19(24)22-10-2-3-11-22/h6-9,17H,2-5,10-13H2,1H3/t17-/m1/s1. The maximum atomic E-state index is 12.4. The molecule has 3 heterocycles. The highest BCUT2D eigenvalue weighted by Gasteiger charge is 2.29. The van der Waals surface area contributed by atoms with Gasteiger partial charge in [-0.05, 0) is 49.9 Å². The van der Waals surface area contributed by atoms with Crippen molar-refractivity contribution < 1.29 is 9.32 Å². The Morgan fingerprint density at radius 3 is 2.60 bits per heavy atom. The van der Waals surface area contributed by atoms with Crippen molar-refractivity contribution in [1.82, 2.24) is 19.9 Å².